The Morgan fingerprint density at radius 1 is 1.00 bits per heavy atom. The van der Waals surface area contributed by atoms with E-state index in [9.17, 15) is 13.2 Å². The van der Waals surface area contributed by atoms with Crippen LogP contribution in [0.15, 0.2) is 83.6 Å². The molecule has 0 aliphatic rings. The van der Waals surface area contributed by atoms with E-state index < -0.39 is 10.0 Å². The van der Waals surface area contributed by atoms with E-state index in [1.54, 1.807) is 23.1 Å². The van der Waals surface area contributed by atoms with Crippen molar-refractivity contribution in [1.82, 2.24) is 24.8 Å². The van der Waals surface area contributed by atoms with Crippen LogP contribution in [0.1, 0.15) is 26.4 Å². The summed E-state index contributed by atoms with van der Waals surface area (Å²) in [5.41, 5.74) is 2.24. The molecule has 0 spiro atoms. The van der Waals surface area contributed by atoms with E-state index in [4.69, 9.17) is 0 Å². The SMILES string of the molecule is O=C(NCc1cccc(Cn2cncn2)c1)c1cccc(S(=O)(=O)NCc2cccs2)c1. The van der Waals surface area contributed by atoms with Crippen LogP contribution in [0, 0.1) is 0 Å². The molecule has 0 bridgehead atoms. The maximum absolute atomic E-state index is 12.6. The third-order valence-corrected chi connectivity index (χ3v) is 6.95. The minimum atomic E-state index is -3.73. The van der Waals surface area contributed by atoms with Crippen LogP contribution in [-0.4, -0.2) is 29.1 Å². The number of hydrogen-bond acceptors (Lipinski definition) is 6. The summed E-state index contributed by atoms with van der Waals surface area (Å²) in [5, 5.41) is 8.83. The lowest BCUT2D eigenvalue weighted by atomic mass is 10.1. The van der Waals surface area contributed by atoms with Gasteiger partial charge in [-0.1, -0.05) is 36.4 Å². The first-order valence-electron chi connectivity index (χ1n) is 9.80. The van der Waals surface area contributed by atoms with Gasteiger partial charge >= 0.3 is 0 Å². The summed E-state index contributed by atoms with van der Waals surface area (Å²) in [6, 6.07) is 17.5. The summed E-state index contributed by atoms with van der Waals surface area (Å²) in [6.07, 6.45) is 3.13. The highest BCUT2D eigenvalue weighted by atomic mass is 32.2. The molecular formula is C22H21N5O3S2. The van der Waals surface area contributed by atoms with Crippen LogP contribution in [0.5, 0.6) is 0 Å². The number of carbonyl (C=O) groups is 1. The summed E-state index contributed by atoms with van der Waals surface area (Å²) in [7, 11) is -3.73. The fourth-order valence-corrected chi connectivity index (χ4v) is 4.88. The number of hydrogen-bond donors (Lipinski definition) is 2. The van der Waals surface area contributed by atoms with E-state index in [0.717, 1.165) is 16.0 Å². The molecule has 0 aliphatic heterocycles. The van der Waals surface area contributed by atoms with Gasteiger partial charge in [-0.2, -0.15) is 5.10 Å². The van der Waals surface area contributed by atoms with Crippen LogP contribution < -0.4 is 10.0 Å². The van der Waals surface area contributed by atoms with Gasteiger partial charge < -0.3 is 5.32 Å². The minimum Gasteiger partial charge on any atom is -0.348 e. The summed E-state index contributed by atoms with van der Waals surface area (Å²) in [4.78, 5) is 17.5. The van der Waals surface area contributed by atoms with E-state index in [-0.39, 0.29) is 22.9 Å². The molecule has 2 aromatic heterocycles. The molecule has 0 radical (unpaired) electrons. The molecule has 4 rings (SSSR count). The van der Waals surface area contributed by atoms with Crippen LogP contribution in [0.2, 0.25) is 0 Å². The van der Waals surface area contributed by atoms with Gasteiger partial charge in [0, 0.05) is 23.5 Å². The second kappa shape index (κ2) is 9.86. The second-order valence-electron chi connectivity index (χ2n) is 7.03. The lowest BCUT2D eigenvalue weighted by Crippen LogP contribution is -2.25. The third kappa shape index (κ3) is 5.67. The van der Waals surface area contributed by atoms with Gasteiger partial charge in [0.1, 0.15) is 12.7 Å². The smallest absolute Gasteiger partial charge is 0.251 e. The van der Waals surface area contributed by atoms with Gasteiger partial charge in [-0.25, -0.2) is 22.8 Å². The maximum Gasteiger partial charge on any atom is 0.251 e. The van der Waals surface area contributed by atoms with Crippen molar-refractivity contribution >= 4 is 27.3 Å². The lowest BCUT2D eigenvalue weighted by Gasteiger charge is -2.10. The Bertz CT molecular complexity index is 1290. The molecule has 0 unspecified atom stereocenters. The standard InChI is InChI=1S/C22H21N5O3S2/c28-22(24-12-17-4-1-5-18(10-17)14-27-16-23-15-25-27)19-6-2-8-21(11-19)32(29,30)26-13-20-7-3-9-31-20/h1-11,15-16,26H,12-14H2,(H,24,28). The topological polar surface area (TPSA) is 106 Å². The van der Waals surface area contributed by atoms with Crippen LogP contribution >= 0.6 is 11.3 Å². The molecule has 164 valence electrons. The quantitative estimate of drug-likeness (QED) is 0.394. The molecule has 2 heterocycles. The number of thiophene rings is 1. The highest BCUT2D eigenvalue weighted by molar-refractivity contribution is 7.89. The predicted molar refractivity (Wildman–Crippen MR) is 122 cm³/mol. The third-order valence-electron chi connectivity index (χ3n) is 4.68. The Morgan fingerprint density at radius 2 is 1.84 bits per heavy atom. The summed E-state index contributed by atoms with van der Waals surface area (Å²) < 4.78 is 29.5. The minimum absolute atomic E-state index is 0.0523. The van der Waals surface area contributed by atoms with Gasteiger partial charge in [0.2, 0.25) is 10.0 Å². The van der Waals surface area contributed by atoms with Gasteiger partial charge in [0.15, 0.2) is 0 Å². The first kappa shape index (κ1) is 21.9. The van der Waals surface area contributed by atoms with Crippen molar-refractivity contribution in [1.29, 1.82) is 0 Å². The van der Waals surface area contributed by atoms with E-state index in [1.165, 1.54) is 29.8 Å². The second-order valence-corrected chi connectivity index (χ2v) is 9.83. The van der Waals surface area contributed by atoms with Gasteiger partial charge in [-0.15, -0.1) is 11.3 Å². The number of benzene rings is 2. The summed E-state index contributed by atoms with van der Waals surface area (Å²) >= 11 is 1.47. The number of aromatic nitrogens is 3. The molecule has 0 fully saturated rings. The zero-order valence-electron chi connectivity index (χ0n) is 17.0. The Kier molecular flexibility index (Phi) is 6.74. The number of sulfonamides is 1. The molecule has 0 aliphatic carbocycles. The average molecular weight is 468 g/mol. The van der Waals surface area contributed by atoms with Crippen LogP contribution in [0.3, 0.4) is 0 Å². The number of carbonyl (C=O) groups excluding carboxylic acids is 1. The predicted octanol–water partition coefficient (Wildman–Crippen LogP) is 2.80. The molecular weight excluding hydrogens is 446 g/mol. The molecule has 0 atom stereocenters. The first-order valence-corrected chi connectivity index (χ1v) is 12.2. The van der Waals surface area contributed by atoms with Crippen LogP contribution in [0.25, 0.3) is 0 Å². The number of nitrogens with one attached hydrogen (secondary N) is 2. The first-order chi connectivity index (χ1) is 15.5. The number of rotatable bonds is 9. The Labute approximate surface area is 190 Å². The maximum atomic E-state index is 12.6. The molecule has 4 aromatic rings. The molecule has 8 nitrogen and oxygen atoms in total. The monoisotopic (exact) mass is 467 g/mol. The Morgan fingerprint density at radius 3 is 2.62 bits per heavy atom. The van der Waals surface area contributed by atoms with Crippen molar-refractivity contribution in [2.45, 2.75) is 24.5 Å². The molecule has 0 saturated heterocycles. The Hall–Kier alpha value is -3.34. The highest BCUT2D eigenvalue weighted by Crippen LogP contribution is 2.14. The van der Waals surface area contributed by atoms with Crippen molar-refractivity contribution in [3.8, 4) is 0 Å². The zero-order chi connectivity index (χ0) is 22.4. The fraction of sp³-hybridized carbons (Fsp3) is 0.136. The van der Waals surface area contributed by atoms with E-state index in [2.05, 4.69) is 20.1 Å². The largest absolute Gasteiger partial charge is 0.348 e. The fourth-order valence-electron chi connectivity index (χ4n) is 3.09. The van der Waals surface area contributed by atoms with E-state index >= 15 is 0 Å². The van der Waals surface area contributed by atoms with Gasteiger partial charge in [0.25, 0.3) is 5.91 Å². The Balaban J connectivity index is 1.38. The highest BCUT2D eigenvalue weighted by Gasteiger charge is 2.16. The van der Waals surface area contributed by atoms with Crippen molar-refractivity contribution < 1.29 is 13.2 Å². The lowest BCUT2D eigenvalue weighted by molar-refractivity contribution is 0.0950. The zero-order valence-corrected chi connectivity index (χ0v) is 18.6. The van der Waals surface area contributed by atoms with Crippen molar-refractivity contribution in [3.05, 3.63) is 100 Å². The van der Waals surface area contributed by atoms with Crippen LogP contribution in [0.4, 0.5) is 0 Å². The van der Waals surface area contributed by atoms with Gasteiger partial charge in [-0.3, -0.25) is 4.79 Å². The molecule has 2 N–H and O–H groups in total. The van der Waals surface area contributed by atoms with E-state index in [1.807, 2.05) is 41.8 Å². The normalized spacial score (nSPS) is 11.4. The number of amides is 1. The molecule has 32 heavy (non-hydrogen) atoms. The molecule has 2 aromatic carbocycles. The van der Waals surface area contributed by atoms with Crippen molar-refractivity contribution in [2.75, 3.05) is 0 Å². The summed E-state index contributed by atoms with van der Waals surface area (Å²) in [6.45, 7) is 1.11. The van der Waals surface area contributed by atoms with Crippen LogP contribution in [-0.2, 0) is 29.7 Å². The van der Waals surface area contributed by atoms with Gasteiger partial charge in [-0.05, 0) is 40.8 Å². The van der Waals surface area contributed by atoms with E-state index in [0.29, 0.717) is 13.1 Å². The molecule has 0 saturated carbocycles. The van der Waals surface area contributed by atoms with Crippen molar-refractivity contribution in [2.24, 2.45) is 0 Å². The van der Waals surface area contributed by atoms with Gasteiger partial charge in [0.05, 0.1) is 11.4 Å². The van der Waals surface area contributed by atoms with Crippen molar-refractivity contribution in [3.63, 3.8) is 0 Å². The molecule has 1 amide bonds. The average Bonchev–Trinajstić information content (AvgIpc) is 3.51. The summed E-state index contributed by atoms with van der Waals surface area (Å²) in [5.74, 6) is -0.345. The number of nitrogens with zero attached hydrogens (tertiary/aromatic N) is 3. The molecule has 10 heteroatoms.